The van der Waals surface area contributed by atoms with Gasteiger partial charge in [-0.25, -0.2) is 4.79 Å². The lowest BCUT2D eigenvalue weighted by Gasteiger charge is -2.15. The number of carboxylic acids is 1. The van der Waals surface area contributed by atoms with Crippen LogP contribution in [-0.2, 0) is 11.2 Å². The number of amides is 1. The lowest BCUT2D eigenvalue weighted by atomic mass is 9.79. The van der Waals surface area contributed by atoms with E-state index in [0.717, 1.165) is 18.2 Å². The van der Waals surface area contributed by atoms with Gasteiger partial charge >= 0.3 is 13.1 Å². The van der Waals surface area contributed by atoms with Gasteiger partial charge in [0.1, 0.15) is 11.8 Å². The number of carbonyl (C=O) groups is 2. The van der Waals surface area contributed by atoms with Crippen molar-refractivity contribution in [3.63, 3.8) is 0 Å². The number of phenols is 1. The average molecular weight is 374 g/mol. The molecular formula is C16H15BN2O8. The van der Waals surface area contributed by atoms with Crippen LogP contribution in [0, 0.1) is 10.1 Å². The highest BCUT2D eigenvalue weighted by Gasteiger charge is 2.24. The van der Waals surface area contributed by atoms with Crippen molar-refractivity contribution in [2.75, 3.05) is 0 Å². The second-order valence-electron chi connectivity index (χ2n) is 5.68. The van der Waals surface area contributed by atoms with E-state index in [1.807, 2.05) is 0 Å². The minimum absolute atomic E-state index is 0.00125. The summed E-state index contributed by atoms with van der Waals surface area (Å²) in [6.07, 6.45) is -0.0915. The number of rotatable bonds is 7. The summed E-state index contributed by atoms with van der Waals surface area (Å²) in [7, 11) is -2.04. The largest absolute Gasteiger partial charge is 0.508 e. The number of nitro groups is 1. The monoisotopic (exact) mass is 374 g/mol. The van der Waals surface area contributed by atoms with E-state index in [1.165, 1.54) is 24.3 Å². The molecule has 5 N–H and O–H groups in total. The summed E-state index contributed by atoms with van der Waals surface area (Å²) in [5, 5.41) is 50.2. The number of hydrogen-bond acceptors (Lipinski definition) is 7. The van der Waals surface area contributed by atoms with Gasteiger partial charge in [-0.05, 0) is 29.2 Å². The van der Waals surface area contributed by atoms with E-state index in [4.69, 9.17) is 0 Å². The molecule has 1 amide bonds. The first-order chi connectivity index (χ1) is 12.7. The maximum atomic E-state index is 12.4. The second kappa shape index (κ2) is 8.30. The summed E-state index contributed by atoms with van der Waals surface area (Å²) in [6, 6.07) is 7.19. The van der Waals surface area contributed by atoms with Crippen LogP contribution in [0.5, 0.6) is 5.75 Å². The zero-order valence-corrected chi connectivity index (χ0v) is 13.8. The topological polar surface area (TPSA) is 170 Å². The van der Waals surface area contributed by atoms with Crippen LogP contribution < -0.4 is 10.8 Å². The Kier molecular flexibility index (Phi) is 6.11. The van der Waals surface area contributed by atoms with Crippen molar-refractivity contribution in [3.8, 4) is 5.75 Å². The molecule has 0 aromatic heterocycles. The molecule has 0 saturated heterocycles. The summed E-state index contributed by atoms with van der Waals surface area (Å²) in [4.78, 5) is 33.9. The lowest BCUT2D eigenvalue weighted by Crippen LogP contribution is -2.42. The van der Waals surface area contributed by atoms with E-state index in [9.17, 15) is 40.0 Å². The van der Waals surface area contributed by atoms with Gasteiger partial charge in [-0.3, -0.25) is 14.9 Å². The molecule has 2 aromatic carbocycles. The Labute approximate surface area is 153 Å². The summed E-state index contributed by atoms with van der Waals surface area (Å²) in [6.45, 7) is 0. The Morgan fingerprint density at radius 2 is 1.78 bits per heavy atom. The number of non-ortho nitro benzene ring substituents is 1. The van der Waals surface area contributed by atoms with Crippen LogP contribution in [-0.4, -0.2) is 50.2 Å². The number of aromatic hydroxyl groups is 1. The SMILES string of the molecule is O=C(N[C@@H](Cc1ccc(O)cc1)C(=O)O)c1cc(B(O)O)cc([N+](=O)[O-])c1. The van der Waals surface area contributed by atoms with Gasteiger partial charge in [0.25, 0.3) is 11.6 Å². The van der Waals surface area contributed by atoms with Crippen LogP contribution in [0.25, 0.3) is 0 Å². The van der Waals surface area contributed by atoms with Crippen molar-refractivity contribution in [1.29, 1.82) is 0 Å². The highest BCUT2D eigenvalue weighted by atomic mass is 16.6. The van der Waals surface area contributed by atoms with Crippen molar-refractivity contribution in [2.45, 2.75) is 12.5 Å². The molecule has 0 heterocycles. The fourth-order valence-electron chi connectivity index (χ4n) is 2.33. The fourth-order valence-corrected chi connectivity index (χ4v) is 2.33. The smallest absolute Gasteiger partial charge is 0.488 e. The molecule has 140 valence electrons. The first kappa shape index (κ1) is 19.9. The molecule has 2 rings (SSSR count). The number of phenolic OH excluding ortho intramolecular Hbond substituents is 1. The van der Waals surface area contributed by atoms with Gasteiger partial charge < -0.3 is 25.6 Å². The third-order valence-electron chi connectivity index (χ3n) is 3.69. The van der Waals surface area contributed by atoms with Gasteiger partial charge in [0.05, 0.1) is 4.92 Å². The average Bonchev–Trinajstić information content (AvgIpc) is 2.62. The predicted octanol–water partition coefficient (Wildman–Crippen LogP) is -0.594. The van der Waals surface area contributed by atoms with E-state index in [0.29, 0.717) is 5.56 Å². The number of nitrogens with zero attached hydrogens (tertiary/aromatic N) is 1. The van der Waals surface area contributed by atoms with Gasteiger partial charge in [-0.2, -0.15) is 0 Å². The van der Waals surface area contributed by atoms with Crippen molar-refractivity contribution < 1.29 is 34.8 Å². The van der Waals surface area contributed by atoms with E-state index < -0.39 is 35.6 Å². The van der Waals surface area contributed by atoms with Gasteiger partial charge in [0.15, 0.2) is 0 Å². The Balaban J connectivity index is 2.25. The molecule has 0 radical (unpaired) electrons. The van der Waals surface area contributed by atoms with E-state index in [-0.39, 0.29) is 23.2 Å². The molecule has 0 fully saturated rings. The normalized spacial score (nSPS) is 11.5. The van der Waals surface area contributed by atoms with Crippen molar-refractivity contribution >= 4 is 30.1 Å². The molecule has 0 unspecified atom stereocenters. The fraction of sp³-hybridized carbons (Fsp3) is 0.125. The predicted molar refractivity (Wildman–Crippen MR) is 93.6 cm³/mol. The minimum Gasteiger partial charge on any atom is -0.508 e. The van der Waals surface area contributed by atoms with Crippen LogP contribution in [0.4, 0.5) is 5.69 Å². The third kappa shape index (κ3) is 5.27. The van der Waals surface area contributed by atoms with Crippen molar-refractivity contribution in [2.24, 2.45) is 0 Å². The third-order valence-corrected chi connectivity index (χ3v) is 3.69. The van der Waals surface area contributed by atoms with Crippen LogP contribution in [0.3, 0.4) is 0 Å². The minimum atomic E-state index is -2.04. The molecular weight excluding hydrogens is 359 g/mol. The van der Waals surface area contributed by atoms with E-state index in [2.05, 4.69) is 5.32 Å². The van der Waals surface area contributed by atoms with E-state index >= 15 is 0 Å². The van der Waals surface area contributed by atoms with Gasteiger partial charge in [0.2, 0.25) is 0 Å². The molecule has 2 aromatic rings. The van der Waals surface area contributed by atoms with E-state index in [1.54, 1.807) is 0 Å². The quantitative estimate of drug-likeness (QED) is 0.243. The first-order valence-corrected chi connectivity index (χ1v) is 7.64. The Hall–Kier alpha value is -3.44. The highest BCUT2D eigenvalue weighted by Crippen LogP contribution is 2.14. The van der Waals surface area contributed by atoms with Crippen LogP contribution >= 0.6 is 0 Å². The Bertz CT molecular complexity index is 869. The van der Waals surface area contributed by atoms with Gasteiger partial charge in [0, 0.05) is 24.1 Å². The van der Waals surface area contributed by atoms with Gasteiger partial charge in [-0.15, -0.1) is 0 Å². The maximum Gasteiger partial charge on any atom is 0.488 e. The molecule has 0 saturated carbocycles. The zero-order chi connectivity index (χ0) is 20.1. The summed E-state index contributed by atoms with van der Waals surface area (Å²) >= 11 is 0. The Morgan fingerprint density at radius 1 is 1.15 bits per heavy atom. The van der Waals surface area contributed by atoms with Crippen LogP contribution in [0.15, 0.2) is 42.5 Å². The number of carbonyl (C=O) groups excluding carboxylic acids is 1. The van der Waals surface area contributed by atoms with Crippen molar-refractivity contribution in [1.82, 2.24) is 5.32 Å². The van der Waals surface area contributed by atoms with Crippen LogP contribution in [0.1, 0.15) is 15.9 Å². The molecule has 0 aliphatic carbocycles. The Morgan fingerprint density at radius 3 is 2.30 bits per heavy atom. The molecule has 11 heteroatoms. The lowest BCUT2D eigenvalue weighted by molar-refractivity contribution is -0.384. The highest BCUT2D eigenvalue weighted by molar-refractivity contribution is 6.58. The van der Waals surface area contributed by atoms with Crippen LogP contribution in [0.2, 0.25) is 0 Å². The molecule has 1 atom stereocenters. The number of benzene rings is 2. The summed E-state index contributed by atoms with van der Waals surface area (Å²) in [5.41, 5.74) is -0.578. The molecule has 27 heavy (non-hydrogen) atoms. The zero-order valence-electron chi connectivity index (χ0n) is 13.8. The molecule has 0 aliphatic rings. The number of carboxylic acid groups (broad SMARTS) is 1. The maximum absolute atomic E-state index is 12.4. The summed E-state index contributed by atoms with van der Waals surface area (Å²) in [5.74, 6) is -2.25. The number of nitro benzene ring substituents is 1. The van der Waals surface area contributed by atoms with Crippen molar-refractivity contribution in [3.05, 3.63) is 63.7 Å². The van der Waals surface area contributed by atoms with Gasteiger partial charge in [-0.1, -0.05) is 12.1 Å². The molecule has 0 spiro atoms. The first-order valence-electron chi connectivity index (χ1n) is 7.64. The molecule has 10 nitrogen and oxygen atoms in total. The number of aliphatic carboxylic acids is 1. The molecule has 0 bridgehead atoms. The number of nitrogens with one attached hydrogen (secondary N) is 1. The second-order valence-corrected chi connectivity index (χ2v) is 5.68. The summed E-state index contributed by atoms with van der Waals surface area (Å²) < 4.78 is 0. The number of hydrogen-bond donors (Lipinski definition) is 5. The molecule has 0 aliphatic heterocycles. The standard InChI is InChI=1S/C16H15BN2O8/c20-13-3-1-9(2-4-13)5-14(16(22)23)18-15(21)10-6-11(17(24)25)8-12(7-10)19(26)27/h1-4,6-8,14,20,24-25H,5H2,(H,18,21)(H,22,23)/t14-/m0/s1.